The lowest BCUT2D eigenvalue weighted by molar-refractivity contribution is -0.386. The van der Waals surface area contributed by atoms with Crippen molar-refractivity contribution in [3.8, 4) is 5.75 Å². The van der Waals surface area contributed by atoms with Crippen LogP contribution in [0.2, 0.25) is 5.02 Å². The third kappa shape index (κ3) is 3.27. The molecule has 0 aliphatic rings. The highest BCUT2D eigenvalue weighted by Crippen LogP contribution is 2.38. The molecule has 92 valence electrons. The van der Waals surface area contributed by atoms with Crippen molar-refractivity contribution in [1.82, 2.24) is 0 Å². The third-order valence-corrected chi connectivity index (χ3v) is 2.41. The molecule has 0 aliphatic carbocycles. The SMILES string of the molecule is O=C(O)C(F)Oc1c(Br)cc(Cl)cc1[N+](=O)[O-]. The van der Waals surface area contributed by atoms with Crippen LogP contribution in [0.3, 0.4) is 0 Å². The summed E-state index contributed by atoms with van der Waals surface area (Å²) in [4.78, 5) is 20.0. The van der Waals surface area contributed by atoms with Gasteiger partial charge in [-0.15, -0.1) is 0 Å². The molecule has 1 atom stereocenters. The summed E-state index contributed by atoms with van der Waals surface area (Å²) in [5.74, 6) is -2.42. The van der Waals surface area contributed by atoms with Crippen molar-refractivity contribution in [3.63, 3.8) is 0 Å². The van der Waals surface area contributed by atoms with Crippen LogP contribution in [0.15, 0.2) is 16.6 Å². The zero-order valence-corrected chi connectivity index (χ0v) is 10.2. The number of carbonyl (C=O) groups is 1. The second-order valence-electron chi connectivity index (χ2n) is 2.77. The van der Waals surface area contributed by atoms with Gasteiger partial charge in [0, 0.05) is 11.1 Å². The number of halogens is 3. The smallest absolute Gasteiger partial charge is 0.378 e. The summed E-state index contributed by atoms with van der Waals surface area (Å²) in [6, 6.07) is 2.15. The summed E-state index contributed by atoms with van der Waals surface area (Å²) in [5.41, 5.74) is -0.631. The lowest BCUT2D eigenvalue weighted by Crippen LogP contribution is -2.22. The van der Waals surface area contributed by atoms with E-state index in [2.05, 4.69) is 20.7 Å². The normalized spacial score (nSPS) is 11.9. The van der Waals surface area contributed by atoms with E-state index in [-0.39, 0.29) is 9.50 Å². The van der Waals surface area contributed by atoms with Crippen LogP contribution >= 0.6 is 27.5 Å². The molecular weight excluding hydrogens is 324 g/mol. The van der Waals surface area contributed by atoms with E-state index >= 15 is 0 Å². The molecule has 17 heavy (non-hydrogen) atoms. The minimum absolute atomic E-state index is 0.0133. The molecule has 6 nitrogen and oxygen atoms in total. The lowest BCUT2D eigenvalue weighted by atomic mass is 10.3. The number of carboxylic acid groups (broad SMARTS) is 1. The Kier molecular flexibility index (Phi) is 4.24. The van der Waals surface area contributed by atoms with Gasteiger partial charge in [0.15, 0.2) is 0 Å². The van der Waals surface area contributed by atoms with Gasteiger partial charge in [-0.3, -0.25) is 10.1 Å². The zero-order chi connectivity index (χ0) is 13.2. The summed E-state index contributed by atoms with van der Waals surface area (Å²) in [6.07, 6.45) is -2.70. The minimum Gasteiger partial charge on any atom is -0.476 e. The van der Waals surface area contributed by atoms with Gasteiger partial charge >= 0.3 is 18.0 Å². The van der Waals surface area contributed by atoms with Gasteiger partial charge in [-0.1, -0.05) is 11.6 Å². The van der Waals surface area contributed by atoms with Crippen molar-refractivity contribution in [1.29, 1.82) is 0 Å². The number of ether oxygens (including phenoxy) is 1. The van der Waals surface area contributed by atoms with Crippen molar-refractivity contribution in [2.75, 3.05) is 0 Å². The number of aliphatic carboxylic acids is 1. The van der Waals surface area contributed by atoms with Gasteiger partial charge in [0.1, 0.15) is 0 Å². The Labute approximate surface area is 107 Å². The maximum Gasteiger partial charge on any atom is 0.378 e. The molecule has 0 radical (unpaired) electrons. The molecule has 0 amide bonds. The van der Waals surface area contributed by atoms with Crippen molar-refractivity contribution in [2.24, 2.45) is 0 Å². The second-order valence-corrected chi connectivity index (χ2v) is 4.06. The van der Waals surface area contributed by atoms with Gasteiger partial charge in [-0.25, -0.2) is 4.79 Å². The van der Waals surface area contributed by atoms with Crippen LogP contribution in [0.5, 0.6) is 5.75 Å². The topological polar surface area (TPSA) is 89.7 Å². The number of rotatable bonds is 4. The molecule has 0 spiro atoms. The second kappa shape index (κ2) is 5.28. The van der Waals surface area contributed by atoms with Gasteiger partial charge in [0.05, 0.1) is 9.40 Å². The first-order valence-corrected chi connectivity index (χ1v) is 5.17. The highest BCUT2D eigenvalue weighted by Gasteiger charge is 2.26. The fourth-order valence-corrected chi connectivity index (χ4v) is 1.84. The van der Waals surface area contributed by atoms with Gasteiger partial charge in [-0.2, -0.15) is 4.39 Å². The first kappa shape index (κ1) is 13.7. The molecule has 0 aromatic heterocycles. The van der Waals surface area contributed by atoms with Crippen LogP contribution in [0.25, 0.3) is 0 Å². The van der Waals surface area contributed by atoms with Crippen molar-refractivity contribution in [3.05, 3.63) is 31.7 Å². The van der Waals surface area contributed by atoms with Crippen LogP contribution in [0.1, 0.15) is 0 Å². The molecule has 0 saturated carbocycles. The Balaban J connectivity index is 3.21. The number of hydrogen-bond acceptors (Lipinski definition) is 4. The number of carboxylic acids is 1. The van der Waals surface area contributed by atoms with E-state index in [4.69, 9.17) is 16.7 Å². The van der Waals surface area contributed by atoms with Crippen molar-refractivity contribution < 1.29 is 24.0 Å². The molecule has 1 aromatic carbocycles. The molecule has 1 unspecified atom stereocenters. The number of alkyl halides is 1. The molecule has 0 aliphatic heterocycles. The van der Waals surface area contributed by atoms with Crippen LogP contribution in [0.4, 0.5) is 10.1 Å². The number of nitrogens with zero attached hydrogens (tertiary/aromatic N) is 1. The van der Waals surface area contributed by atoms with Gasteiger partial charge in [0.2, 0.25) is 5.75 Å². The van der Waals surface area contributed by atoms with Crippen molar-refractivity contribution >= 4 is 39.2 Å². The summed E-state index contributed by atoms with van der Waals surface area (Å²) in [5, 5.41) is 19.0. The molecule has 9 heteroatoms. The van der Waals surface area contributed by atoms with Crippen LogP contribution in [-0.4, -0.2) is 22.4 Å². The van der Waals surface area contributed by atoms with E-state index in [1.54, 1.807) is 0 Å². The lowest BCUT2D eigenvalue weighted by Gasteiger charge is -2.09. The fourth-order valence-electron chi connectivity index (χ4n) is 0.953. The predicted molar refractivity (Wildman–Crippen MR) is 59.0 cm³/mol. The Bertz CT molecular complexity index is 483. The first-order chi connectivity index (χ1) is 7.82. The molecular formula is C8H4BrClFNO5. The van der Waals surface area contributed by atoms with E-state index in [0.29, 0.717) is 0 Å². The monoisotopic (exact) mass is 327 g/mol. The summed E-state index contributed by atoms with van der Waals surface area (Å²) < 4.78 is 17.2. The summed E-state index contributed by atoms with van der Waals surface area (Å²) in [6.45, 7) is 0. The largest absolute Gasteiger partial charge is 0.476 e. The Morgan fingerprint density at radius 1 is 1.65 bits per heavy atom. The molecule has 0 bridgehead atoms. The van der Waals surface area contributed by atoms with E-state index in [1.807, 2.05) is 0 Å². The maximum absolute atomic E-state index is 12.8. The number of nitro groups is 1. The average Bonchev–Trinajstić information content (AvgIpc) is 2.20. The maximum atomic E-state index is 12.8. The highest BCUT2D eigenvalue weighted by atomic mass is 79.9. The molecule has 1 aromatic rings. The van der Waals surface area contributed by atoms with Crippen molar-refractivity contribution in [2.45, 2.75) is 6.36 Å². The third-order valence-electron chi connectivity index (χ3n) is 1.60. The van der Waals surface area contributed by atoms with Crippen LogP contribution in [-0.2, 0) is 4.79 Å². The fraction of sp³-hybridized carbons (Fsp3) is 0.125. The van der Waals surface area contributed by atoms with Crippen LogP contribution < -0.4 is 4.74 Å². The molecule has 1 rings (SSSR count). The van der Waals surface area contributed by atoms with E-state index in [0.717, 1.165) is 6.07 Å². The van der Waals surface area contributed by atoms with Crippen LogP contribution in [0, 0.1) is 10.1 Å². The van der Waals surface area contributed by atoms with E-state index in [9.17, 15) is 19.3 Å². The average molecular weight is 328 g/mol. The van der Waals surface area contributed by atoms with E-state index in [1.165, 1.54) is 6.07 Å². The quantitative estimate of drug-likeness (QED) is 0.678. The van der Waals surface area contributed by atoms with Gasteiger partial charge in [-0.05, 0) is 22.0 Å². The van der Waals surface area contributed by atoms with Gasteiger partial charge in [0.25, 0.3) is 0 Å². The molecule has 0 heterocycles. The first-order valence-electron chi connectivity index (χ1n) is 4.00. The number of hydrogen-bond donors (Lipinski definition) is 1. The Morgan fingerprint density at radius 3 is 2.71 bits per heavy atom. The number of nitro benzene ring substituents is 1. The minimum atomic E-state index is -2.70. The molecule has 0 saturated heterocycles. The Morgan fingerprint density at radius 2 is 2.24 bits per heavy atom. The van der Waals surface area contributed by atoms with Gasteiger partial charge < -0.3 is 9.84 Å². The molecule has 0 fully saturated rings. The standard InChI is InChI=1S/C8H4BrClFNO5/c9-4-1-3(10)2-5(12(15)16)6(4)17-7(11)8(13)14/h1-2,7H,(H,13,14). The van der Waals surface area contributed by atoms with E-state index < -0.39 is 28.7 Å². The molecule has 1 N–H and O–H groups in total. The summed E-state index contributed by atoms with van der Waals surface area (Å²) >= 11 is 8.44. The number of benzene rings is 1. The highest BCUT2D eigenvalue weighted by molar-refractivity contribution is 9.10. The zero-order valence-electron chi connectivity index (χ0n) is 7.89. The Hall–Kier alpha value is -1.41. The summed E-state index contributed by atoms with van der Waals surface area (Å²) in [7, 11) is 0. The predicted octanol–water partition coefficient (Wildman–Crippen LogP) is 2.77.